The van der Waals surface area contributed by atoms with Crippen LogP contribution in [0.5, 0.6) is 0 Å². The van der Waals surface area contributed by atoms with Gasteiger partial charge in [-0.2, -0.15) is 0 Å². The van der Waals surface area contributed by atoms with Crippen molar-refractivity contribution in [2.24, 2.45) is 0 Å². The van der Waals surface area contributed by atoms with Crippen LogP contribution in [0.3, 0.4) is 0 Å². The van der Waals surface area contributed by atoms with E-state index in [0.717, 1.165) is 6.54 Å². The second-order valence-corrected chi connectivity index (χ2v) is 4.66. The SMILES string of the molecule is CCCCCCCCN1C[C@@H](O)[C@@H](O)C1. The van der Waals surface area contributed by atoms with Gasteiger partial charge in [0.15, 0.2) is 0 Å². The van der Waals surface area contributed by atoms with Gasteiger partial charge in [0.2, 0.25) is 0 Å². The van der Waals surface area contributed by atoms with Crippen LogP contribution >= 0.6 is 0 Å². The number of aliphatic hydroxyl groups excluding tert-OH is 2. The highest BCUT2D eigenvalue weighted by Gasteiger charge is 2.28. The quantitative estimate of drug-likeness (QED) is 0.631. The maximum Gasteiger partial charge on any atom is 0.0938 e. The Labute approximate surface area is 93.1 Å². The Bertz CT molecular complexity index is 154. The number of unbranched alkanes of at least 4 members (excludes halogenated alkanes) is 5. The summed E-state index contributed by atoms with van der Waals surface area (Å²) in [5.74, 6) is 0. The molecule has 3 heteroatoms. The molecule has 1 heterocycles. The Morgan fingerprint density at radius 1 is 0.933 bits per heavy atom. The average Bonchev–Trinajstić information content (AvgIpc) is 2.52. The minimum Gasteiger partial charge on any atom is -0.389 e. The Kier molecular flexibility index (Phi) is 6.22. The molecule has 3 nitrogen and oxygen atoms in total. The van der Waals surface area contributed by atoms with E-state index < -0.39 is 12.2 Å². The molecule has 0 radical (unpaired) electrons. The van der Waals surface area contributed by atoms with E-state index in [-0.39, 0.29) is 0 Å². The molecule has 1 saturated heterocycles. The van der Waals surface area contributed by atoms with E-state index in [1.807, 2.05) is 0 Å². The number of β-amino-alcohol motifs (C(OH)–C–C–N with tert-alkyl or cyclic N) is 2. The molecule has 0 saturated carbocycles. The molecule has 1 rings (SSSR count). The molecule has 0 spiro atoms. The first-order valence-corrected chi connectivity index (χ1v) is 6.32. The molecular formula is C12H25NO2. The zero-order valence-electron chi connectivity index (χ0n) is 9.86. The maximum absolute atomic E-state index is 9.35. The molecule has 0 aromatic heterocycles. The van der Waals surface area contributed by atoms with Gasteiger partial charge in [0.05, 0.1) is 12.2 Å². The van der Waals surface area contributed by atoms with Crippen LogP contribution in [0.4, 0.5) is 0 Å². The largest absolute Gasteiger partial charge is 0.389 e. The zero-order valence-corrected chi connectivity index (χ0v) is 9.86. The molecule has 15 heavy (non-hydrogen) atoms. The van der Waals surface area contributed by atoms with E-state index in [1.165, 1.54) is 38.5 Å². The molecule has 0 amide bonds. The number of rotatable bonds is 7. The van der Waals surface area contributed by atoms with Crippen molar-refractivity contribution in [1.29, 1.82) is 0 Å². The smallest absolute Gasteiger partial charge is 0.0938 e. The predicted molar refractivity (Wildman–Crippen MR) is 61.8 cm³/mol. The number of hydrogen-bond acceptors (Lipinski definition) is 3. The molecule has 1 aliphatic rings. The fourth-order valence-electron chi connectivity index (χ4n) is 2.15. The summed E-state index contributed by atoms with van der Waals surface area (Å²) in [5, 5.41) is 18.7. The van der Waals surface area contributed by atoms with Gasteiger partial charge in [-0.05, 0) is 13.0 Å². The third kappa shape index (κ3) is 4.96. The first-order valence-electron chi connectivity index (χ1n) is 6.32. The van der Waals surface area contributed by atoms with Gasteiger partial charge in [-0.25, -0.2) is 0 Å². The van der Waals surface area contributed by atoms with Crippen LogP contribution < -0.4 is 0 Å². The van der Waals surface area contributed by atoms with Crippen molar-refractivity contribution >= 4 is 0 Å². The highest BCUT2D eigenvalue weighted by molar-refractivity contribution is 4.82. The number of aliphatic hydroxyl groups is 2. The summed E-state index contributed by atoms with van der Waals surface area (Å²) in [6.07, 6.45) is 6.75. The Morgan fingerprint density at radius 3 is 2.07 bits per heavy atom. The number of hydrogen-bond donors (Lipinski definition) is 2. The molecule has 1 fully saturated rings. The van der Waals surface area contributed by atoms with Crippen LogP contribution in [0.1, 0.15) is 45.4 Å². The zero-order chi connectivity index (χ0) is 11.1. The van der Waals surface area contributed by atoms with Gasteiger partial charge >= 0.3 is 0 Å². The lowest BCUT2D eigenvalue weighted by Gasteiger charge is -2.13. The number of likely N-dealkylation sites (tertiary alicyclic amines) is 1. The minimum atomic E-state index is -0.523. The van der Waals surface area contributed by atoms with Gasteiger partial charge in [-0.15, -0.1) is 0 Å². The van der Waals surface area contributed by atoms with Crippen molar-refractivity contribution in [3.05, 3.63) is 0 Å². The first kappa shape index (κ1) is 12.9. The second kappa shape index (κ2) is 7.20. The summed E-state index contributed by atoms with van der Waals surface area (Å²) in [6, 6.07) is 0. The topological polar surface area (TPSA) is 43.7 Å². The van der Waals surface area contributed by atoms with Crippen molar-refractivity contribution in [3.8, 4) is 0 Å². The summed E-state index contributed by atoms with van der Waals surface area (Å²) >= 11 is 0. The van der Waals surface area contributed by atoms with Crippen molar-refractivity contribution < 1.29 is 10.2 Å². The van der Waals surface area contributed by atoms with Gasteiger partial charge in [-0.3, -0.25) is 4.90 Å². The summed E-state index contributed by atoms with van der Waals surface area (Å²) < 4.78 is 0. The molecule has 0 aromatic rings. The summed E-state index contributed by atoms with van der Waals surface area (Å²) in [7, 11) is 0. The van der Waals surface area contributed by atoms with Gasteiger partial charge in [0.1, 0.15) is 0 Å². The predicted octanol–water partition coefficient (Wildman–Crippen LogP) is 1.38. The Balaban J connectivity index is 1.92. The van der Waals surface area contributed by atoms with Crippen LogP contribution in [0.25, 0.3) is 0 Å². The van der Waals surface area contributed by atoms with E-state index >= 15 is 0 Å². The van der Waals surface area contributed by atoms with E-state index in [4.69, 9.17) is 0 Å². The molecule has 2 N–H and O–H groups in total. The lowest BCUT2D eigenvalue weighted by molar-refractivity contribution is 0.0572. The summed E-state index contributed by atoms with van der Waals surface area (Å²) in [5.41, 5.74) is 0. The fourth-order valence-corrected chi connectivity index (χ4v) is 2.15. The standard InChI is InChI=1S/C12H25NO2/c1-2-3-4-5-6-7-8-13-9-11(14)12(15)10-13/h11-12,14-15H,2-10H2,1H3/t11-,12+. The minimum absolute atomic E-state index is 0.523. The molecule has 0 unspecified atom stereocenters. The molecule has 0 bridgehead atoms. The third-order valence-electron chi connectivity index (χ3n) is 3.16. The monoisotopic (exact) mass is 215 g/mol. The lowest BCUT2D eigenvalue weighted by Crippen LogP contribution is -2.23. The van der Waals surface area contributed by atoms with Crippen LogP contribution in [0.15, 0.2) is 0 Å². The van der Waals surface area contributed by atoms with Crippen molar-refractivity contribution in [1.82, 2.24) is 4.90 Å². The van der Waals surface area contributed by atoms with Crippen molar-refractivity contribution in [2.45, 2.75) is 57.7 Å². The second-order valence-electron chi connectivity index (χ2n) is 4.66. The van der Waals surface area contributed by atoms with E-state index in [2.05, 4.69) is 11.8 Å². The maximum atomic E-state index is 9.35. The third-order valence-corrected chi connectivity index (χ3v) is 3.16. The summed E-state index contributed by atoms with van der Waals surface area (Å²) in [4.78, 5) is 2.16. The highest BCUT2D eigenvalue weighted by Crippen LogP contribution is 2.12. The van der Waals surface area contributed by atoms with Gasteiger partial charge < -0.3 is 10.2 Å². The molecule has 2 atom stereocenters. The molecular weight excluding hydrogens is 190 g/mol. The van der Waals surface area contributed by atoms with Crippen LogP contribution in [0.2, 0.25) is 0 Å². The normalized spacial score (nSPS) is 27.4. The van der Waals surface area contributed by atoms with Crippen molar-refractivity contribution in [3.63, 3.8) is 0 Å². The van der Waals surface area contributed by atoms with Crippen LogP contribution in [-0.2, 0) is 0 Å². The highest BCUT2D eigenvalue weighted by atomic mass is 16.3. The Morgan fingerprint density at radius 2 is 1.47 bits per heavy atom. The van der Waals surface area contributed by atoms with Crippen LogP contribution in [-0.4, -0.2) is 47.0 Å². The van der Waals surface area contributed by atoms with Gasteiger partial charge in [0, 0.05) is 13.1 Å². The molecule has 0 aliphatic carbocycles. The Hall–Kier alpha value is -0.120. The van der Waals surface area contributed by atoms with Crippen LogP contribution in [0, 0.1) is 0 Å². The average molecular weight is 215 g/mol. The number of nitrogens with zero attached hydrogens (tertiary/aromatic N) is 1. The fraction of sp³-hybridized carbons (Fsp3) is 1.00. The van der Waals surface area contributed by atoms with Gasteiger partial charge in [0.25, 0.3) is 0 Å². The van der Waals surface area contributed by atoms with Crippen molar-refractivity contribution in [2.75, 3.05) is 19.6 Å². The molecule has 90 valence electrons. The lowest BCUT2D eigenvalue weighted by atomic mass is 10.1. The molecule has 0 aromatic carbocycles. The molecule has 1 aliphatic heterocycles. The summed E-state index contributed by atoms with van der Waals surface area (Å²) in [6.45, 7) is 4.56. The van der Waals surface area contributed by atoms with Gasteiger partial charge in [-0.1, -0.05) is 39.0 Å². The van der Waals surface area contributed by atoms with E-state index in [9.17, 15) is 10.2 Å². The first-order chi connectivity index (χ1) is 7.24. The van der Waals surface area contributed by atoms with E-state index in [0.29, 0.717) is 13.1 Å². The van der Waals surface area contributed by atoms with E-state index in [1.54, 1.807) is 0 Å².